The Balaban J connectivity index is 3.39. The first-order valence-electron chi connectivity index (χ1n) is 5.68. The number of rotatable bonds is 3. The highest BCUT2D eigenvalue weighted by molar-refractivity contribution is 5.51. The molecule has 4 nitrogen and oxygen atoms in total. The summed E-state index contributed by atoms with van der Waals surface area (Å²) in [5, 5.41) is 10.0. The van der Waals surface area contributed by atoms with Crippen LogP contribution in [0.3, 0.4) is 0 Å². The minimum atomic E-state index is -0.383. The summed E-state index contributed by atoms with van der Waals surface area (Å²) in [6.07, 6.45) is 0. The summed E-state index contributed by atoms with van der Waals surface area (Å²) in [5.41, 5.74) is 13.1. The molecule has 1 rings (SSSR count). The van der Waals surface area contributed by atoms with E-state index in [1.165, 1.54) is 7.11 Å². The van der Waals surface area contributed by atoms with E-state index in [4.69, 9.17) is 16.2 Å². The second-order valence-electron chi connectivity index (χ2n) is 5.21. The quantitative estimate of drug-likeness (QED) is 0.748. The Labute approximate surface area is 103 Å². The van der Waals surface area contributed by atoms with Crippen molar-refractivity contribution in [1.82, 2.24) is 0 Å². The predicted octanol–water partition coefficient (Wildman–Crippen LogP) is 1.66. The first kappa shape index (κ1) is 13.8. The molecular formula is C13H22N2O2. The molecule has 17 heavy (non-hydrogen) atoms. The van der Waals surface area contributed by atoms with Gasteiger partial charge < -0.3 is 21.3 Å². The largest absolute Gasteiger partial charge is 0.504 e. The summed E-state index contributed by atoms with van der Waals surface area (Å²) < 4.78 is 5.17. The lowest BCUT2D eigenvalue weighted by Crippen LogP contribution is -2.22. The van der Waals surface area contributed by atoms with Gasteiger partial charge in [-0.25, -0.2) is 0 Å². The van der Waals surface area contributed by atoms with Gasteiger partial charge >= 0.3 is 0 Å². The molecule has 1 aromatic rings. The van der Waals surface area contributed by atoms with Crippen molar-refractivity contribution in [3.63, 3.8) is 0 Å². The molecule has 0 saturated carbocycles. The maximum Gasteiger partial charge on any atom is 0.162 e. The second-order valence-corrected chi connectivity index (χ2v) is 5.21. The van der Waals surface area contributed by atoms with Crippen LogP contribution >= 0.6 is 0 Å². The molecule has 4 heteroatoms. The van der Waals surface area contributed by atoms with E-state index in [1.54, 1.807) is 0 Å². The van der Waals surface area contributed by atoms with Crippen LogP contribution in [0.5, 0.6) is 11.5 Å². The Hall–Kier alpha value is -1.26. The zero-order valence-corrected chi connectivity index (χ0v) is 10.9. The summed E-state index contributed by atoms with van der Waals surface area (Å²) in [7, 11) is 1.53. The van der Waals surface area contributed by atoms with Crippen LogP contribution < -0.4 is 16.2 Å². The molecule has 0 aliphatic heterocycles. The van der Waals surface area contributed by atoms with Crippen molar-refractivity contribution in [2.75, 3.05) is 13.7 Å². The zero-order valence-electron chi connectivity index (χ0n) is 10.9. The fourth-order valence-electron chi connectivity index (χ4n) is 1.63. The van der Waals surface area contributed by atoms with Crippen molar-refractivity contribution in [2.45, 2.75) is 32.2 Å². The van der Waals surface area contributed by atoms with Gasteiger partial charge in [0, 0.05) is 18.2 Å². The molecule has 5 N–H and O–H groups in total. The third kappa shape index (κ3) is 2.90. The Kier molecular flexibility index (Phi) is 4.01. The predicted molar refractivity (Wildman–Crippen MR) is 69.3 cm³/mol. The molecule has 0 aromatic heterocycles. The van der Waals surface area contributed by atoms with Gasteiger partial charge in [-0.15, -0.1) is 0 Å². The topological polar surface area (TPSA) is 81.5 Å². The van der Waals surface area contributed by atoms with Crippen LogP contribution in [-0.4, -0.2) is 18.8 Å². The van der Waals surface area contributed by atoms with Crippen molar-refractivity contribution in [1.29, 1.82) is 0 Å². The van der Waals surface area contributed by atoms with E-state index in [-0.39, 0.29) is 23.8 Å². The first-order valence-corrected chi connectivity index (χ1v) is 5.68. The van der Waals surface area contributed by atoms with Crippen molar-refractivity contribution in [2.24, 2.45) is 11.5 Å². The number of nitrogens with two attached hydrogens (primary N) is 2. The molecule has 0 aliphatic carbocycles. The SMILES string of the molecule is COc1cc(C(C)(C)C)cc([C@@H](N)CN)c1O. The molecule has 1 atom stereocenters. The molecule has 0 saturated heterocycles. The van der Waals surface area contributed by atoms with Crippen LogP contribution in [0, 0.1) is 0 Å². The third-order valence-corrected chi connectivity index (χ3v) is 2.84. The normalized spacial score (nSPS) is 13.5. The summed E-state index contributed by atoms with van der Waals surface area (Å²) in [6.45, 7) is 6.56. The van der Waals surface area contributed by atoms with Gasteiger partial charge in [-0.2, -0.15) is 0 Å². The Bertz CT molecular complexity index is 397. The maximum atomic E-state index is 10.0. The van der Waals surface area contributed by atoms with Crippen LogP contribution in [-0.2, 0) is 5.41 Å². The Morgan fingerprint density at radius 3 is 2.35 bits per heavy atom. The van der Waals surface area contributed by atoms with Gasteiger partial charge in [-0.3, -0.25) is 0 Å². The van der Waals surface area contributed by atoms with Gasteiger partial charge in [0.1, 0.15) is 0 Å². The molecule has 0 fully saturated rings. The van der Waals surface area contributed by atoms with E-state index in [0.29, 0.717) is 11.3 Å². The highest BCUT2D eigenvalue weighted by atomic mass is 16.5. The highest BCUT2D eigenvalue weighted by Gasteiger charge is 2.21. The Morgan fingerprint density at radius 2 is 1.94 bits per heavy atom. The fourth-order valence-corrected chi connectivity index (χ4v) is 1.63. The number of benzene rings is 1. The molecular weight excluding hydrogens is 216 g/mol. The number of ether oxygens (including phenoxy) is 1. The van der Waals surface area contributed by atoms with Gasteiger partial charge in [0.2, 0.25) is 0 Å². The van der Waals surface area contributed by atoms with Gasteiger partial charge in [0.05, 0.1) is 7.11 Å². The lowest BCUT2D eigenvalue weighted by molar-refractivity contribution is 0.366. The van der Waals surface area contributed by atoms with Gasteiger partial charge in [0.25, 0.3) is 0 Å². The van der Waals surface area contributed by atoms with E-state index >= 15 is 0 Å². The maximum absolute atomic E-state index is 10.0. The molecule has 0 bridgehead atoms. The molecule has 0 amide bonds. The van der Waals surface area contributed by atoms with Crippen LogP contribution in [0.2, 0.25) is 0 Å². The van der Waals surface area contributed by atoms with Crippen molar-refractivity contribution in [3.8, 4) is 11.5 Å². The second kappa shape index (κ2) is 4.94. The number of hydrogen-bond donors (Lipinski definition) is 3. The number of phenols is 1. The van der Waals surface area contributed by atoms with Crippen LogP contribution in [0.4, 0.5) is 0 Å². The first-order chi connectivity index (χ1) is 7.81. The van der Waals surface area contributed by atoms with E-state index in [1.807, 2.05) is 12.1 Å². The van der Waals surface area contributed by atoms with Gasteiger partial charge in [-0.1, -0.05) is 20.8 Å². The van der Waals surface area contributed by atoms with Crippen LogP contribution in [0.25, 0.3) is 0 Å². The average molecular weight is 238 g/mol. The number of aromatic hydroxyl groups is 1. The fraction of sp³-hybridized carbons (Fsp3) is 0.538. The van der Waals surface area contributed by atoms with Crippen molar-refractivity contribution < 1.29 is 9.84 Å². The molecule has 1 aromatic carbocycles. The molecule has 0 aliphatic rings. The summed E-state index contributed by atoms with van der Waals surface area (Å²) in [4.78, 5) is 0. The van der Waals surface area contributed by atoms with E-state index in [9.17, 15) is 5.11 Å². The lowest BCUT2D eigenvalue weighted by Gasteiger charge is -2.23. The van der Waals surface area contributed by atoms with Crippen molar-refractivity contribution in [3.05, 3.63) is 23.3 Å². The number of hydrogen-bond acceptors (Lipinski definition) is 4. The van der Waals surface area contributed by atoms with Crippen LogP contribution in [0.15, 0.2) is 12.1 Å². The van der Waals surface area contributed by atoms with Crippen molar-refractivity contribution >= 4 is 0 Å². The molecule has 0 unspecified atom stereocenters. The van der Waals surface area contributed by atoms with Gasteiger partial charge in [-0.05, 0) is 23.1 Å². The molecule has 0 radical (unpaired) electrons. The lowest BCUT2D eigenvalue weighted by atomic mass is 9.85. The average Bonchev–Trinajstić information content (AvgIpc) is 2.26. The van der Waals surface area contributed by atoms with Gasteiger partial charge in [0.15, 0.2) is 11.5 Å². The Morgan fingerprint density at radius 1 is 1.35 bits per heavy atom. The van der Waals surface area contributed by atoms with Crippen LogP contribution in [0.1, 0.15) is 37.9 Å². The summed E-state index contributed by atoms with van der Waals surface area (Å²) >= 11 is 0. The van der Waals surface area contributed by atoms with E-state index in [0.717, 1.165) is 5.56 Å². The molecule has 0 spiro atoms. The van der Waals surface area contributed by atoms with E-state index < -0.39 is 0 Å². The molecule has 96 valence electrons. The highest BCUT2D eigenvalue weighted by Crippen LogP contribution is 2.37. The van der Waals surface area contributed by atoms with E-state index in [2.05, 4.69) is 20.8 Å². The molecule has 0 heterocycles. The minimum absolute atomic E-state index is 0.0377. The number of phenolic OH excluding ortho intramolecular Hbond substituents is 1. The smallest absolute Gasteiger partial charge is 0.162 e. The number of methoxy groups -OCH3 is 1. The minimum Gasteiger partial charge on any atom is -0.504 e. The monoisotopic (exact) mass is 238 g/mol. The third-order valence-electron chi connectivity index (χ3n) is 2.84. The summed E-state index contributed by atoms with van der Waals surface area (Å²) in [6, 6.07) is 3.35. The standard InChI is InChI=1S/C13H22N2O2/c1-13(2,3)8-5-9(10(15)7-14)12(16)11(6-8)17-4/h5-6,10,16H,7,14-15H2,1-4H3/t10-/m0/s1. The summed E-state index contributed by atoms with van der Waals surface area (Å²) in [5.74, 6) is 0.523. The zero-order chi connectivity index (χ0) is 13.2.